The van der Waals surface area contributed by atoms with E-state index in [1.54, 1.807) is 11.8 Å². The second-order valence-corrected chi connectivity index (χ2v) is 7.08. The largest absolute Gasteiger partial charge is 0.384 e. The number of rotatable bonds is 7. The van der Waals surface area contributed by atoms with Gasteiger partial charge >= 0.3 is 0 Å². The maximum absolute atomic E-state index is 7.97. The highest BCUT2D eigenvalue weighted by Crippen LogP contribution is 2.37. The van der Waals surface area contributed by atoms with Gasteiger partial charge in [-0.05, 0) is 36.6 Å². The van der Waals surface area contributed by atoms with Gasteiger partial charge in [0, 0.05) is 23.2 Å². The van der Waals surface area contributed by atoms with Gasteiger partial charge in [0.2, 0.25) is 0 Å². The summed E-state index contributed by atoms with van der Waals surface area (Å²) < 4.78 is 0. The minimum atomic E-state index is 0.186. The highest BCUT2D eigenvalue weighted by atomic mass is 32.2. The van der Waals surface area contributed by atoms with E-state index in [0.29, 0.717) is 12.0 Å². The molecule has 0 aliphatic heterocycles. The molecule has 2 rings (SSSR count). The molecular weight excluding hydrogens is 266 g/mol. The van der Waals surface area contributed by atoms with Crippen LogP contribution in [0.2, 0.25) is 0 Å². The standard InChI is InChI=1S/C16H25N3S/c1-4-20-14-7-5-6-13(15(14)16(17)18)19(10-11(2)3)12-8-9-12/h5-7,11-12H,4,8-10H2,1-3H3,(H3,17,18). The van der Waals surface area contributed by atoms with Crippen molar-refractivity contribution in [1.29, 1.82) is 5.41 Å². The molecule has 1 aliphatic rings. The Morgan fingerprint density at radius 3 is 2.65 bits per heavy atom. The quantitative estimate of drug-likeness (QED) is 0.457. The number of benzene rings is 1. The van der Waals surface area contributed by atoms with Crippen molar-refractivity contribution in [3.8, 4) is 0 Å². The van der Waals surface area contributed by atoms with E-state index >= 15 is 0 Å². The molecule has 0 heterocycles. The third-order valence-corrected chi connectivity index (χ3v) is 4.37. The van der Waals surface area contributed by atoms with Crippen molar-refractivity contribution in [3.05, 3.63) is 23.8 Å². The second-order valence-electron chi connectivity index (χ2n) is 5.77. The summed E-state index contributed by atoms with van der Waals surface area (Å²) in [6, 6.07) is 6.93. The van der Waals surface area contributed by atoms with Crippen LogP contribution >= 0.6 is 11.8 Å². The molecule has 3 nitrogen and oxygen atoms in total. The van der Waals surface area contributed by atoms with Gasteiger partial charge in [-0.2, -0.15) is 0 Å². The van der Waals surface area contributed by atoms with Crippen LogP contribution in [0.15, 0.2) is 23.1 Å². The van der Waals surface area contributed by atoms with Gasteiger partial charge in [0.1, 0.15) is 5.84 Å². The number of hydrogen-bond donors (Lipinski definition) is 2. The average Bonchev–Trinajstić information content (AvgIpc) is 3.19. The molecule has 20 heavy (non-hydrogen) atoms. The van der Waals surface area contributed by atoms with E-state index in [9.17, 15) is 0 Å². The third kappa shape index (κ3) is 3.48. The summed E-state index contributed by atoms with van der Waals surface area (Å²) in [7, 11) is 0. The lowest BCUT2D eigenvalue weighted by atomic mass is 10.1. The van der Waals surface area contributed by atoms with Crippen LogP contribution in [-0.4, -0.2) is 24.2 Å². The van der Waals surface area contributed by atoms with Gasteiger partial charge in [-0.15, -0.1) is 11.8 Å². The van der Waals surface area contributed by atoms with Crippen LogP contribution in [0.3, 0.4) is 0 Å². The van der Waals surface area contributed by atoms with Crippen LogP contribution < -0.4 is 10.6 Å². The molecule has 1 aliphatic carbocycles. The number of thioether (sulfide) groups is 1. The predicted octanol–water partition coefficient (Wildman–Crippen LogP) is 3.71. The van der Waals surface area contributed by atoms with Gasteiger partial charge in [0.25, 0.3) is 0 Å². The Morgan fingerprint density at radius 2 is 2.15 bits per heavy atom. The number of nitrogen functional groups attached to an aromatic ring is 1. The summed E-state index contributed by atoms with van der Waals surface area (Å²) in [5.41, 5.74) is 7.95. The molecule has 110 valence electrons. The van der Waals surface area contributed by atoms with Crippen molar-refractivity contribution in [2.45, 2.75) is 44.6 Å². The van der Waals surface area contributed by atoms with Crippen molar-refractivity contribution in [2.75, 3.05) is 17.2 Å². The molecule has 1 fully saturated rings. The number of amidine groups is 1. The molecule has 0 amide bonds. The van der Waals surface area contributed by atoms with E-state index in [1.165, 1.54) is 12.8 Å². The van der Waals surface area contributed by atoms with E-state index in [0.717, 1.165) is 28.4 Å². The number of nitrogens with zero attached hydrogens (tertiary/aromatic N) is 1. The summed E-state index contributed by atoms with van der Waals surface area (Å²) in [5, 5.41) is 7.97. The Balaban J connectivity index is 2.42. The van der Waals surface area contributed by atoms with E-state index < -0.39 is 0 Å². The van der Waals surface area contributed by atoms with Crippen LogP contribution in [0.25, 0.3) is 0 Å². The molecule has 0 unspecified atom stereocenters. The SMILES string of the molecule is CCSc1cccc(N(CC(C)C)C2CC2)c1C(=N)N. The molecule has 4 heteroatoms. The van der Waals surface area contributed by atoms with Crippen molar-refractivity contribution in [2.24, 2.45) is 11.7 Å². The van der Waals surface area contributed by atoms with Crippen LogP contribution in [0, 0.1) is 11.3 Å². The van der Waals surface area contributed by atoms with Crippen molar-refractivity contribution >= 4 is 23.3 Å². The zero-order valence-corrected chi connectivity index (χ0v) is 13.5. The topological polar surface area (TPSA) is 53.1 Å². The van der Waals surface area contributed by atoms with Crippen LogP contribution in [0.1, 0.15) is 39.2 Å². The van der Waals surface area contributed by atoms with Crippen LogP contribution in [0.5, 0.6) is 0 Å². The summed E-state index contributed by atoms with van der Waals surface area (Å²) in [6.07, 6.45) is 2.52. The first-order chi connectivity index (χ1) is 9.54. The van der Waals surface area contributed by atoms with E-state index in [1.807, 2.05) is 0 Å². The van der Waals surface area contributed by atoms with Gasteiger partial charge in [0.15, 0.2) is 0 Å². The molecule has 0 spiro atoms. The van der Waals surface area contributed by atoms with Crippen molar-refractivity contribution in [3.63, 3.8) is 0 Å². The lowest BCUT2D eigenvalue weighted by Gasteiger charge is -2.29. The van der Waals surface area contributed by atoms with Gasteiger partial charge in [-0.1, -0.05) is 26.8 Å². The summed E-state index contributed by atoms with van der Waals surface area (Å²) in [4.78, 5) is 3.59. The molecule has 1 aromatic rings. The molecule has 0 radical (unpaired) electrons. The minimum Gasteiger partial charge on any atom is -0.384 e. The maximum Gasteiger partial charge on any atom is 0.126 e. The van der Waals surface area contributed by atoms with Crippen molar-refractivity contribution in [1.82, 2.24) is 0 Å². The monoisotopic (exact) mass is 291 g/mol. The first-order valence-corrected chi connectivity index (χ1v) is 8.40. The zero-order valence-electron chi connectivity index (χ0n) is 12.6. The fourth-order valence-electron chi connectivity index (χ4n) is 2.53. The molecule has 3 N–H and O–H groups in total. The molecule has 0 bridgehead atoms. The van der Waals surface area contributed by atoms with Gasteiger partial charge < -0.3 is 10.6 Å². The molecule has 1 saturated carbocycles. The molecular formula is C16H25N3S. The molecule has 0 aromatic heterocycles. The number of hydrogen-bond acceptors (Lipinski definition) is 3. The van der Waals surface area contributed by atoms with Crippen LogP contribution in [-0.2, 0) is 0 Å². The highest BCUT2D eigenvalue weighted by Gasteiger charge is 2.31. The fraction of sp³-hybridized carbons (Fsp3) is 0.562. The third-order valence-electron chi connectivity index (χ3n) is 3.43. The Bertz CT molecular complexity index is 481. The van der Waals surface area contributed by atoms with E-state index in [4.69, 9.17) is 11.1 Å². The Labute approximate surface area is 126 Å². The summed E-state index contributed by atoms with van der Waals surface area (Å²) in [5.74, 6) is 1.79. The maximum atomic E-state index is 7.97. The number of nitrogens with two attached hydrogens (primary N) is 1. The first kappa shape index (κ1) is 15.2. The first-order valence-electron chi connectivity index (χ1n) is 7.41. The van der Waals surface area contributed by atoms with Gasteiger partial charge in [-0.25, -0.2) is 0 Å². The average molecular weight is 291 g/mol. The fourth-order valence-corrected chi connectivity index (χ4v) is 3.37. The number of anilines is 1. The van der Waals surface area contributed by atoms with E-state index in [2.05, 4.69) is 43.9 Å². The smallest absolute Gasteiger partial charge is 0.126 e. The molecule has 1 aromatic carbocycles. The summed E-state index contributed by atoms with van der Waals surface area (Å²) in [6.45, 7) is 7.65. The lowest BCUT2D eigenvalue weighted by molar-refractivity contribution is 0.606. The van der Waals surface area contributed by atoms with Crippen LogP contribution in [0.4, 0.5) is 5.69 Å². The Hall–Kier alpha value is -1.16. The predicted molar refractivity (Wildman–Crippen MR) is 89.1 cm³/mol. The van der Waals surface area contributed by atoms with Gasteiger partial charge in [0.05, 0.1) is 5.56 Å². The zero-order chi connectivity index (χ0) is 14.7. The normalized spacial score (nSPS) is 14.6. The summed E-state index contributed by atoms with van der Waals surface area (Å²) >= 11 is 1.77. The van der Waals surface area contributed by atoms with E-state index in [-0.39, 0.29) is 5.84 Å². The Kier molecular flexibility index (Phi) is 4.97. The Morgan fingerprint density at radius 1 is 1.45 bits per heavy atom. The van der Waals surface area contributed by atoms with Crippen molar-refractivity contribution < 1.29 is 0 Å². The molecule has 0 atom stereocenters. The number of nitrogens with one attached hydrogen (secondary N) is 1. The van der Waals surface area contributed by atoms with Gasteiger partial charge in [-0.3, -0.25) is 5.41 Å². The minimum absolute atomic E-state index is 0.186. The highest BCUT2D eigenvalue weighted by molar-refractivity contribution is 7.99. The molecule has 0 saturated heterocycles. The lowest BCUT2D eigenvalue weighted by Crippen LogP contribution is -2.32. The second kappa shape index (κ2) is 6.53.